The summed E-state index contributed by atoms with van der Waals surface area (Å²) in [5, 5.41) is 0. The number of oxazole rings is 1. The van der Waals surface area contributed by atoms with Gasteiger partial charge in [-0.3, -0.25) is 0 Å². The molecular weight excluding hydrogens is 218 g/mol. The van der Waals surface area contributed by atoms with Crippen LogP contribution in [0, 0.1) is 0 Å². The number of fused-ring (bicyclic) bond motifs is 1. The fourth-order valence-electron chi connectivity index (χ4n) is 1.18. The predicted octanol–water partition coefficient (Wildman–Crippen LogP) is 1.84. The summed E-state index contributed by atoms with van der Waals surface area (Å²) in [7, 11) is 3.18. The van der Waals surface area contributed by atoms with Crippen molar-refractivity contribution in [3.63, 3.8) is 0 Å². The van der Waals surface area contributed by atoms with Crippen molar-refractivity contribution in [3.8, 4) is 11.5 Å². The molecule has 1 heterocycles. The Hall–Kier alpha value is -0.996. The van der Waals surface area contributed by atoms with Gasteiger partial charge in [0.05, 0.1) is 14.2 Å². The van der Waals surface area contributed by atoms with Gasteiger partial charge in [-0.25, -0.2) is 4.98 Å². The molecule has 4 nitrogen and oxygen atoms in total. The van der Waals surface area contributed by atoms with Crippen molar-refractivity contribution in [1.82, 2.24) is 4.98 Å². The van der Waals surface area contributed by atoms with Gasteiger partial charge in [-0.05, 0) is 0 Å². The molecule has 2 rings (SSSR count). The minimum atomic E-state index is 0. The van der Waals surface area contributed by atoms with Gasteiger partial charge in [-0.1, -0.05) is 0 Å². The second-order valence-corrected chi connectivity index (χ2v) is 2.53. The minimum absolute atomic E-state index is 0. The van der Waals surface area contributed by atoms with Gasteiger partial charge >= 0.3 is 0 Å². The summed E-state index contributed by atoms with van der Waals surface area (Å²) in [4.78, 5) is 4.02. The summed E-state index contributed by atoms with van der Waals surface area (Å²) < 4.78 is 15.3. The molecule has 0 bridgehead atoms. The smallest absolute Gasteiger partial charge is 0.182 e. The van der Waals surface area contributed by atoms with Crippen LogP contribution in [0.2, 0.25) is 0 Å². The molecule has 0 fully saturated rings. The fourth-order valence-corrected chi connectivity index (χ4v) is 1.18. The van der Waals surface area contributed by atoms with E-state index in [-0.39, 0.29) is 21.7 Å². The molecule has 0 amide bonds. The van der Waals surface area contributed by atoms with Crippen LogP contribution < -0.4 is 9.47 Å². The second-order valence-electron chi connectivity index (χ2n) is 2.53. The van der Waals surface area contributed by atoms with Gasteiger partial charge in [0, 0.05) is 33.9 Å². The molecule has 1 aromatic heterocycles. The molecule has 0 N–H and O–H groups in total. The molecular formula is C9H9NO3Ti. The molecule has 0 radical (unpaired) electrons. The number of methoxy groups -OCH3 is 2. The monoisotopic (exact) mass is 227 g/mol. The Labute approximate surface area is 96.1 Å². The number of benzene rings is 1. The third-order valence-corrected chi connectivity index (χ3v) is 1.83. The van der Waals surface area contributed by atoms with E-state index in [0.29, 0.717) is 22.6 Å². The Bertz CT molecular complexity index is 427. The largest absolute Gasteiger partial charge is 0.496 e. The molecule has 0 unspecified atom stereocenters. The van der Waals surface area contributed by atoms with E-state index in [4.69, 9.17) is 13.9 Å². The molecule has 0 aliphatic rings. The van der Waals surface area contributed by atoms with Crippen LogP contribution in [0.3, 0.4) is 0 Å². The van der Waals surface area contributed by atoms with Gasteiger partial charge in [0.2, 0.25) is 0 Å². The molecule has 0 saturated heterocycles. The maximum Gasteiger partial charge on any atom is 0.182 e. The van der Waals surface area contributed by atoms with Crippen LogP contribution in [-0.2, 0) is 21.7 Å². The summed E-state index contributed by atoms with van der Waals surface area (Å²) >= 11 is 0. The first-order valence-corrected chi connectivity index (χ1v) is 3.80. The standard InChI is InChI=1S/C9H9NO3.Ti/c1-11-6-3-7(12-2)9-8(4-6)13-5-10-9;/h3-5H,1-2H3;. The Morgan fingerprint density at radius 2 is 2.00 bits per heavy atom. The van der Waals surface area contributed by atoms with Gasteiger partial charge < -0.3 is 13.9 Å². The van der Waals surface area contributed by atoms with E-state index in [1.54, 1.807) is 26.4 Å². The van der Waals surface area contributed by atoms with E-state index in [1.165, 1.54) is 6.39 Å². The molecule has 1 aromatic carbocycles. The summed E-state index contributed by atoms with van der Waals surface area (Å²) in [6.07, 6.45) is 1.38. The van der Waals surface area contributed by atoms with Gasteiger partial charge in [-0.2, -0.15) is 0 Å². The van der Waals surface area contributed by atoms with Crippen LogP contribution in [0.4, 0.5) is 0 Å². The summed E-state index contributed by atoms with van der Waals surface area (Å²) in [6.45, 7) is 0. The number of hydrogen-bond donors (Lipinski definition) is 0. The normalized spacial score (nSPS) is 9.57. The molecule has 0 aliphatic heterocycles. The molecule has 5 heteroatoms. The first kappa shape index (κ1) is 11.1. The van der Waals surface area contributed by atoms with E-state index in [1.807, 2.05) is 0 Å². The Balaban J connectivity index is 0.000000980. The molecule has 14 heavy (non-hydrogen) atoms. The topological polar surface area (TPSA) is 44.5 Å². The van der Waals surface area contributed by atoms with Crippen LogP contribution in [0.15, 0.2) is 22.9 Å². The zero-order valence-electron chi connectivity index (χ0n) is 7.90. The van der Waals surface area contributed by atoms with Crippen LogP contribution in [0.5, 0.6) is 11.5 Å². The maximum absolute atomic E-state index is 5.13. The van der Waals surface area contributed by atoms with E-state index in [2.05, 4.69) is 4.98 Å². The zero-order chi connectivity index (χ0) is 9.26. The summed E-state index contributed by atoms with van der Waals surface area (Å²) in [5.41, 5.74) is 1.37. The van der Waals surface area contributed by atoms with Crippen LogP contribution in [0.1, 0.15) is 0 Å². The number of hydrogen-bond acceptors (Lipinski definition) is 4. The van der Waals surface area contributed by atoms with E-state index < -0.39 is 0 Å². The number of rotatable bonds is 2. The average Bonchev–Trinajstić information content (AvgIpc) is 2.63. The van der Waals surface area contributed by atoms with Crippen molar-refractivity contribution in [3.05, 3.63) is 18.5 Å². The number of ether oxygens (including phenoxy) is 2. The first-order valence-electron chi connectivity index (χ1n) is 3.80. The van der Waals surface area contributed by atoms with E-state index >= 15 is 0 Å². The zero-order valence-corrected chi connectivity index (χ0v) is 9.47. The molecule has 0 aliphatic carbocycles. The van der Waals surface area contributed by atoms with Crippen LogP contribution in [0.25, 0.3) is 11.1 Å². The van der Waals surface area contributed by atoms with Crippen molar-refractivity contribution >= 4 is 11.1 Å². The summed E-state index contributed by atoms with van der Waals surface area (Å²) in [6, 6.07) is 3.54. The first-order chi connectivity index (χ1) is 6.35. The quantitative estimate of drug-likeness (QED) is 0.734. The number of aromatic nitrogens is 1. The van der Waals surface area contributed by atoms with Gasteiger partial charge in [-0.15, -0.1) is 0 Å². The van der Waals surface area contributed by atoms with Crippen LogP contribution in [-0.4, -0.2) is 19.2 Å². The van der Waals surface area contributed by atoms with Gasteiger partial charge in [0.15, 0.2) is 23.2 Å². The summed E-state index contributed by atoms with van der Waals surface area (Å²) in [5.74, 6) is 1.35. The van der Waals surface area contributed by atoms with Crippen molar-refractivity contribution in [1.29, 1.82) is 0 Å². The molecule has 0 atom stereocenters. The van der Waals surface area contributed by atoms with Crippen LogP contribution >= 0.6 is 0 Å². The molecule has 72 valence electrons. The van der Waals surface area contributed by atoms with Gasteiger partial charge in [0.25, 0.3) is 0 Å². The third kappa shape index (κ3) is 1.76. The maximum atomic E-state index is 5.13. The Kier molecular flexibility index (Phi) is 3.55. The molecule has 2 aromatic rings. The number of nitrogens with zero attached hydrogens (tertiary/aromatic N) is 1. The average molecular weight is 227 g/mol. The van der Waals surface area contributed by atoms with Crippen molar-refractivity contribution in [2.24, 2.45) is 0 Å². The van der Waals surface area contributed by atoms with Crippen molar-refractivity contribution in [2.45, 2.75) is 0 Å². The predicted molar refractivity (Wildman–Crippen MR) is 47.1 cm³/mol. The molecule has 0 spiro atoms. The van der Waals surface area contributed by atoms with Gasteiger partial charge in [0.1, 0.15) is 5.75 Å². The Morgan fingerprint density at radius 1 is 1.21 bits per heavy atom. The van der Waals surface area contributed by atoms with E-state index in [0.717, 1.165) is 0 Å². The molecule has 0 saturated carbocycles. The van der Waals surface area contributed by atoms with Crippen molar-refractivity contribution < 1.29 is 35.6 Å². The van der Waals surface area contributed by atoms with E-state index in [9.17, 15) is 0 Å². The SMILES string of the molecule is COc1cc(OC)c2ncoc2c1.[Ti]. The van der Waals surface area contributed by atoms with Crippen molar-refractivity contribution in [2.75, 3.05) is 14.2 Å². The third-order valence-electron chi connectivity index (χ3n) is 1.83. The Morgan fingerprint density at radius 3 is 2.64 bits per heavy atom. The minimum Gasteiger partial charge on any atom is -0.496 e. The fraction of sp³-hybridized carbons (Fsp3) is 0.222. The second kappa shape index (κ2) is 4.48.